The average Bonchev–Trinajstić information content (AvgIpc) is 2.89. The molecule has 0 aliphatic carbocycles. The topological polar surface area (TPSA) is 50.4 Å². The van der Waals surface area contributed by atoms with Crippen LogP contribution in [-0.2, 0) is 4.79 Å². The van der Waals surface area contributed by atoms with Gasteiger partial charge in [0, 0.05) is 5.02 Å². The second-order valence-electron chi connectivity index (χ2n) is 5.38. The Labute approximate surface area is 150 Å². The lowest BCUT2D eigenvalue weighted by atomic mass is 10.1. The van der Waals surface area contributed by atoms with Gasteiger partial charge < -0.3 is 15.4 Å². The fourth-order valence-corrected chi connectivity index (χ4v) is 3.46. The van der Waals surface area contributed by atoms with Gasteiger partial charge in [-0.25, -0.2) is 0 Å². The molecule has 1 amide bonds. The van der Waals surface area contributed by atoms with Gasteiger partial charge in [0.2, 0.25) is 0 Å². The van der Waals surface area contributed by atoms with Crippen molar-refractivity contribution in [1.82, 2.24) is 5.32 Å². The molecule has 24 heavy (non-hydrogen) atoms. The maximum absolute atomic E-state index is 12.2. The van der Waals surface area contributed by atoms with E-state index < -0.39 is 0 Å². The van der Waals surface area contributed by atoms with E-state index in [1.807, 2.05) is 37.3 Å². The number of anilines is 1. The van der Waals surface area contributed by atoms with Gasteiger partial charge in [-0.3, -0.25) is 4.79 Å². The highest BCUT2D eigenvalue weighted by Crippen LogP contribution is 2.34. The van der Waals surface area contributed by atoms with E-state index in [2.05, 4.69) is 10.6 Å². The van der Waals surface area contributed by atoms with Crippen molar-refractivity contribution in [3.05, 3.63) is 63.5 Å². The van der Waals surface area contributed by atoms with Gasteiger partial charge >= 0.3 is 0 Å². The molecule has 2 aromatic carbocycles. The summed E-state index contributed by atoms with van der Waals surface area (Å²) in [6, 6.07) is 13.4. The van der Waals surface area contributed by atoms with Gasteiger partial charge in [0.25, 0.3) is 5.91 Å². The number of benzene rings is 2. The number of methoxy groups -OCH3 is 1. The summed E-state index contributed by atoms with van der Waals surface area (Å²) < 4.78 is 5.31. The zero-order valence-corrected chi connectivity index (χ0v) is 14.9. The molecule has 6 heteroatoms. The number of hydrogen-bond acceptors (Lipinski definition) is 4. The van der Waals surface area contributed by atoms with Crippen LogP contribution in [0.2, 0.25) is 5.02 Å². The smallest absolute Gasteiger partial charge is 0.260 e. The Morgan fingerprint density at radius 3 is 2.71 bits per heavy atom. The lowest BCUT2D eigenvalue weighted by Crippen LogP contribution is -2.31. The lowest BCUT2D eigenvalue weighted by molar-refractivity contribution is -0.116. The van der Waals surface area contributed by atoms with Gasteiger partial charge in [0.15, 0.2) is 5.50 Å². The summed E-state index contributed by atoms with van der Waals surface area (Å²) >= 11 is 7.46. The van der Waals surface area contributed by atoms with Crippen LogP contribution in [0.4, 0.5) is 5.69 Å². The zero-order valence-electron chi connectivity index (χ0n) is 13.3. The summed E-state index contributed by atoms with van der Waals surface area (Å²) in [6.45, 7) is 2.03. The second kappa shape index (κ2) is 7.20. The SMILES string of the molecule is COc1ccc(Cl)cc1NC1NC(=O)/C(=C/c2ccc(C)cc2)S1. The third-order valence-corrected chi connectivity index (χ3v) is 4.82. The first-order chi connectivity index (χ1) is 11.5. The van der Waals surface area contributed by atoms with Crippen LogP contribution >= 0.6 is 23.4 Å². The monoisotopic (exact) mass is 360 g/mol. The summed E-state index contributed by atoms with van der Waals surface area (Å²) in [5.41, 5.74) is 2.65. The molecule has 3 rings (SSSR count). The molecule has 2 aromatic rings. The molecule has 0 radical (unpaired) electrons. The largest absolute Gasteiger partial charge is 0.495 e. The molecule has 1 heterocycles. The van der Waals surface area contributed by atoms with Crippen LogP contribution in [0.15, 0.2) is 47.4 Å². The molecule has 1 saturated heterocycles. The van der Waals surface area contributed by atoms with Crippen molar-refractivity contribution in [2.24, 2.45) is 0 Å². The average molecular weight is 361 g/mol. The molecule has 4 nitrogen and oxygen atoms in total. The molecule has 1 aliphatic heterocycles. The van der Waals surface area contributed by atoms with Crippen molar-refractivity contribution in [2.75, 3.05) is 12.4 Å². The molecular formula is C18H17ClN2O2S. The summed E-state index contributed by atoms with van der Waals surface area (Å²) in [6.07, 6.45) is 1.89. The van der Waals surface area contributed by atoms with Crippen molar-refractivity contribution in [3.8, 4) is 5.75 Å². The Bertz CT molecular complexity index is 790. The molecule has 0 saturated carbocycles. The van der Waals surface area contributed by atoms with Crippen LogP contribution in [0.3, 0.4) is 0 Å². The Kier molecular flexibility index (Phi) is 5.02. The Hall–Kier alpha value is -2.11. The van der Waals surface area contributed by atoms with Crippen molar-refractivity contribution in [1.29, 1.82) is 0 Å². The van der Waals surface area contributed by atoms with Gasteiger partial charge in [-0.15, -0.1) is 0 Å². The van der Waals surface area contributed by atoms with E-state index in [1.54, 1.807) is 25.3 Å². The Morgan fingerprint density at radius 2 is 2.00 bits per heavy atom. The van der Waals surface area contributed by atoms with Crippen molar-refractivity contribution in [3.63, 3.8) is 0 Å². The summed E-state index contributed by atoms with van der Waals surface area (Å²) in [7, 11) is 1.59. The van der Waals surface area contributed by atoms with Crippen LogP contribution < -0.4 is 15.4 Å². The molecule has 0 aromatic heterocycles. The molecule has 2 N–H and O–H groups in total. The Balaban J connectivity index is 1.75. The minimum Gasteiger partial charge on any atom is -0.495 e. The van der Waals surface area contributed by atoms with Crippen LogP contribution in [0, 0.1) is 6.92 Å². The number of aryl methyl sites for hydroxylation is 1. The minimum absolute atomic E-state index is 0.0981. The highest BCUT2D eigenvalue weighted by Gasteiger charge is 2.27. The fraction of sp³-hybridized carbons (Fsp3) is 0.167. The van der Waals surface area contributed by atoms with Crippen molar-refractivity contribution in [2.45, 2.75) is 12.4 Å². The molecular weight excluding hydrogens is 344 g/mol. The van der Waals surface area contributed by atoms with Crippen LogP contribution in [0.1, 0.15) is 11.1 Å². The van der Waals surface area contributed by atoms with Crippen LogP contribution in [0.25, 0.3) is 6.08 Å². The second-order valence-corrected chi connectivity index (χ2v) is 6.96. The summed E-state index contributed by atoms with van der Waals surface area (Å²) in [5, 5.41) is 6.74. The maximum Gasteiger partial charge on any atom is 0.260 e. The van der Waals surface area contributed by atoms with Gasteiger partial charge in [-0.05, 0) is 36.8 Å². The molecule has 1 aliphatic rings. The first kappa shape index (κ1) is 16.7. The van der Waals surface area contributed by atoms with E-state index >= 15 is 0 Å². The number of amides is 1. The quantitative estimate of drug-likeness (QED) is 0.800. The summed E-state index contributed by atoms with van der Waals surface area (Å²) in [5.74, 6) is 0.573. The molecule has 1 atom stereocenters. The molecule has 0 bridgehead atoms. The number of carbonyl (C=O) groups is 1. The highest BCUT2D eigenvalue weighted by molar-refractivity contribution is 8.05. The molecule has 0 spiro atoms. The number of ether oxygens (including phenoxy) is 1. The molecule has 124 valence electrons. The van der Waals surface area contributed by atoms with E-state index in [9.17, 15) is 4.79 Å². The fourth-order valence-electron chi connectivity index (χ4n) is 2.31. The van der Waals surface area contributed by atoms with E-state index in [4.69, 9.17) is 16.3 Å². The predicted molar refractivity (Wildman–Crippen MR) is 100 cm³/mol. The van der Waals surface area contributed by atoms with E-state index in [1.165, 1.54) is 17.3 Å². The van der Waals surface area contributed by atoms with Crippen molar-refractivity contribution >= 4 is 41.0 Å². The highest BCUT2D eigenvalue weighted by atomic mass is 35.5. The van der Waals surface area contributed by atoms with Gasteiger partial charge in [-0.1, -0.05) is 53.2 Å². The van der Waals surface area contributed by atoms with Crippen molar-refractivity contribution < 1.29 is 9.53 Å². The number of halogens is 1. The van der Waals surface area contributed by atoms with E-state index in [-0.39, 0.29) is 11.4 Å². The third kappa shape index (κ3) is 3.86. The first-order valence-corrected chi connectivity index (χ1v) is 8.67. The normalized spacial score (nSPS) is 18.5. The van der Waals surface area contributed by atoms with Gasteiger partial charge in [0.05, 0.1) is 17.7 Å². The lowest BCUT2D eigenvalue weighted by Gasteiger charge is -2.15. The van der Waals surface area contributed by atoms with Crippen LogP contribution in [0.5, 0.6) is 5.75 Å². The number of carbonyl (C=O) groups excluding carboxylic acids is 1. The van der Waals surface area contributed by atoms with Gasteiger partial charge in [-0.2, -0.15) is 0 Å². The summed E-state index contributed by atoms with van der Waals surface area (Å²) in [4.78, 5) is 12.8. The maximum atomic E-state index is 12.2. The van der Waals surface area contributed by atoms with Gasteiger partial charge in [0.1, 0.15) is 5.75 Å². The van der Waals surface area contributed by atoms with E-state index in [0.29, 0.717) is 15.7 Å². The minimum atomic E-state index is -0.276. The van der Waals surface area contributed by atoms with E-state index in [0.717, 1.165) is 11.3 Å². The molecule has 1 unspecified atom stereocenters. The first-order valence-electron chi connectivity index (χ1n) is 7.41. The Morgan fingerprint density at radius 1 is 1.25 bits per heavy atom. The number of thioether (sulfide) groups is 1. The zero-order chi connectivity index (χ0) is 17.1. The number of nitrogens with one attached hydrogen (secondary N) is 2. The van der Waals surface area contributed by atoms with Crippen LogP contribution in [-0.4, -0.2) is 18.5 Å². The third-order valence-electron chi connectivity index (χ3n) is 3.55. The predicted octanol–water partition coefficient (Wildman–Crippen LogP) is 4.26. The standard InChI is InChI=1S/C18H17ClN2O2S/c1-11-3-5-12(6-4-11)9-16-17(22)21-18(24-16)20-14-10-13(19)7-8-15(14)23-2/h3-10,18,20H,1-2H3,(H,21,22)/b16-9-. The number of hydrogen-bond donors (Lipinski definition) is 2. The molecule has 1 fully saturated rings. The number of rotatable bonds is 4.